The van der Waals surface area contributed by atoms with Gasteiger partial charge in [-0.2, -0.15) is 0 Å². The topological polar surface area (TPSA) is 61.6 Å². The minimum absolute atomic E-state index is 0.643. The Bertz CT molecular complexity index is 1460. The Labute approximate surface area is 291 Å². The quantitative estimate of drug-likeness (QED) is 0.0742. The molecule has 0 amide bonds. The van der Waals surface area contributed by atoms with Crippen molar-refractivity contribution in [3.05, 3.63) is 56.1 Å². The van der Waals surface area contributed by atoms with E-state index in [1.165, 1.54) is 89.9 Å². The first-order valence-corrected chi connectivity index (χ1v) is 19.0. The highest BCUT2D eigenvalue weighted by molar-refractivity contribution is 9.11. The molecule has 8 heteroatoms. The van der Waals surface area contributed by atoms with Gasteiger partial charge in [0.15, 0.2) is 23.0 Å². The van der Waals surface area contributed by atoms with Gasteiger partial charge in [0.25, 0.3) is 0 Å². The molecule has 3 aromatic carbocycles. The van der Waals surface area contributed by atoms with Crippen LogP contribution in [0, 0.1) is 0 Å². The number of unbranched alkanes of at least 4 members (excludes halogenated alkanes) is 14. The van der Waals surface area contributed by atoms with E-state index in [0.29, 0.717) is 46.9 Å². The van der Waals surface area contributed by atoms with Gasteiger partial charge < -0.3 is 18.9 Å². The van der Waals surface area contributed by atoms with E-state index in [2.05, 4.69) is 45.7 Å². The molecule has 0 N–H and O–H groups in total. The summed E-state index contributed by atoms with van der Waals surface area (Å²) in [4.78, 5) is 9.79. The number of ether oxygens (including phenoxy) is 4. The first-order chi connectivity index (χ1) is 22.6. The third-order valence-electron chi connectivity index (χ3n) is 8.50. The molecule has 248 valence electrons. The standard InChI is InChI=1S/C38H48Br2N2O4/c1-3-5-7-9-11-13-15-17-19-43-33-23-29-35(21-27(33)39)45-37-26-32-38(25-31(37)41-29)46-36-22-28(40)34(24-30(36)42-32)44-20-18-16-14-12-10-8-6-4-2/h21-26H,3-20H2,1-2H3. The van der Waals surface area contributed by atoms with Crippen LogP contribution in [-0.2, 0) is 0 Å². The number of fused-ring (bicyclic) bond motifs is 4. The zero-order valence-corrected chi connectivity index (χ0v) is 30.6. The largest absolute Gasteiger partial charge is 0.492 e. The maximum atomic E-state index is 6.29. The fourth-order valence-corrected chi connectivity index (χ4v) is 6.69. The molecule has 0 aliphatic carbocycles. The summed E-state index contributed by atoms with van der Waals surface area (Å²) in [6.07, 6.45) is 20.3. The van der Waals surface area contributed by atoms with Gasteiger partial charge in [0, 0.05) is 36.4 Å². The van der Waals surface area contributed by atoms with Crippen molar-refractivity contribution in [3.8, 4) is 34.5 Å². The summed E-state index contributed by atoms with van der Waals surface area (Å²) in [5, 5.41) is 1.40. The van der Waals surface area contributed by atoms with E-state index in [-0.39, 0.29) is 0 Å². The SMILES string of the molecule is CCCCCCCCCCOc1cc2c(cc1Br)Oc1cc3c(cc1=N2)Oc1cc(Br)c(OCCCCCCCCCC)cc1N=3. The van der Waals surface area contributed by atoms with Crippen LogP contribution in [0.25, 0.3) is 0 Å². The van der Waals surface area contributed by atoms with Gasteiger partial charge in [0.2, 0.25) is 0 Å². The fraction of sp³-hybridized carbons (Fsp3) is 0.526. The molecule has 0 fully saturated rings. The third kappa shape index (κ3) is 9.72. The highest BCUT2D eigenvalue weighted by Crippen LogP contribution is 2.44. The van der Waals surface area contributed by atoms with Crippen LogP contribution in [0.2, 0.25) is 0 Å². The third-order valence-corrected chi connectivity index (χ3v) is 9.74. The van der Waals surface area contributed by atoms with Crippen LogP contribution in [0.15, 0.2) is 55.3 Å². The van der Waals surface area contributed by atoms with E-state index >= 15 is 0 Å². The molecule has 0 saturated carbocycles. The molecular weight excluding hydrogens is 708 g/mol. The van der Waals surface area contributed by atoms with E-state index in [0.717, 1.165) is 44.7 Å². The van der Waals surface area contributed by atoms with Crippen LogP contribution in [0.4, 0.5) is 11.4 Å². The average molecular weight is 757 g/mol. The summed E-state index contributed by atoms with van der Waals surface area (Å²) in [6, 6.07) is 11.5. The Kier molecular flexibility index (Phi) is 13.7. The number of hydrogen-bond donors (Lipinski definition) is 0. The predicted molar refractivity (Wildman–Crippen MR) is 193 cm³/mol. The minimum Gasteiger partial charge on any atom is -0.492 e. The number of benzene rings is 3. The van der Waals surface area contributed by atoms with Gasteiger partial charge in [-0.15, -0.1) is 0 Å². The summed E-state index contributed by atoms with van der Waals surface area (Å²) >= 11 is 7.33. The predicted octanol–water partition coefficient (Wildman–Crippen LogP) is 12.4. The molecule has 0 bridgehead atoms. The average Bonchev–Trinajstić information content (AvgIpc) is 3.04. The Morgan fingerprint density at radius 1 is 0.478 bits per heavy atom. The molecule has 5 rings (SSSR count). The zero-order chi connectivity index (χ0) is 32.1. The minimum atomic E-state index is 0.643. The fourth-order valence-electron chi connectivity index (χ4n) is 5.82. The van der Waals surface area contributed by atoms with Gasteiger partial charge >= 0.3 is 0 Å². The van der Waals surface area contributed by atoms with Gasteiger partial charge in [-0.1, -0.05) is 104 Å². The van der Waals surface area contributed by atoms with Crippen molar-refractivity contribution in [3.63, 3.8) is 0 Å². The van der Waals surface area contributed by atoms with Crippen molar-refractivity contribution < 1.29 is 18.9 Å². The van der Waals surface area contributed by atoms with Gasteiger partial charge in [-0.25, -0.2) is 9.98 Å². The highest BCUT2D eigenvalue weighted by Gasteiger charge is 2.21. The number of rotatable bonds is 20. The molecular formula is C38H48Br2N2O4. The summed E-state index contributed by atoms with van der Waals surface area (Å²) in [6.45, 7) is 5.89. The maximum Gasteiger partial charge on any atom is 0.155 e. The lowest BCUT2D eigenvalue weighted by molar-refractivity contribution is 0.302. The molecule has 2 heterocycles. The van der Waals surface area contributed by atoms with Crippen molar-refractivity contribution in [2.24, 2.45) is 9.98 Å². The van der Waals surface area contributed by atoms with Crippen LogP contribution < -0.4 is 29.7 Å². The van der Waals surface area contributed by atoms with Crippen LogP contribution in [0.1, 0.15) is 117 Å². The second-order valence-electron chi connectivity index (χ2n) is 12.4. The van der Waals surface area contributed by atoms with Crippen molar-refractivity contribution in [1.29, 1.82) is 0 Å². The van der Waals surface area contributed by atoms with Crippen LogP contribution in [-0.4, -0.2) is 13.2 Å². The first kappa shape index (κ1) is 34.7. The van der Waals surface area contributed by atoms with Crippen molar-refractivity contribution in [1.82, 2.24) is 0 Å². The normalized spacial score (nSPS) is 12.4. The Hall–Kier alpha value is -2.58. The van der Waals surface area contributed by atoms with Gasteiger partial charge in [-0.05, 0) is 44.7 Å². The van der Waals surface area contributed by atoms with Crippen LogP contribution >= 0.6 is 31.9 Å². The second-order valence-corrected chi connectivity index (χ2v) is 14.1. The molecule has 6 nitrogen and oxygen atoms in total. The molecule has 3 aromatic rings. The van der Waals surface area contributed by atoms with Gasteiger partial charge in [0.05, 0.1) is 22.2 Å². The first-order valence-electron chi connectivity index (χ1n) is 17.5. The second kappa shape index (κ2) is 18.1. The molecule has 0 aromatic heterocycles. The maximum absolute atomic E-state index is 6.29. The molecule has 0 atom stereocenters. The molecule has 46 heavy (non-hydrogen) atoms. The lowest BCUT2D eigenvalue weighted by Gasteiger charge is -2.20. The highest BCUT2D eigenvalue weighted by atomic mass is 79.9. The molecule has 0 saturated heterocycles. The molecule has 0 unspecified atom stereocenters. The zero-order valence-electron chi connectivity index (χ0n) is 27.5. The van der Waals surface area contributed by atoms with E-state index in [1.54, 1.807) is 0 Å². The molecule has 0 radical (unpaired) electrons. The smallest absolute Gasteiger partial charge is 0.155 e. The Morgan fingerprint density at radius 2 is 0.848 bits per heavy atom. The number of hydrogen-bond acceptors (Lipinski definition) is 6. The van der Waals surface area contributed by atoms with Crippen LogP contribution in [0.3, 0.4) is 0 Å². The molecule has 2 aliphatic heterocycles. The molecule has 0 spiro atoms. The number of halogens is 2. The van der Waals surface area contributed by atoms with Crippen molar-refractivity contribution in [2.45, 2.75) is 117 Å². The van der Waals surface area contributed by atoms with Gasteiger partial charge in [-0.3, -0.25) is 0 Å². The van der Waals surface area contributed by atoms with Crippen LogP contribution in [0.5, 0.6) is 34.5 Å². The lowest BCUT2D eigenvalue weighted by Crippen LogP contribution is -2.18. The van der Waals surface area contributed by atoms with E-state index < -0.39 is 0 Å². The van der Waals surface area contributed by atoms with E-state index in [4.69, 9.17) is 28.9 Å². The van der Waals surface area contributed by atoms with E-state index in [9.17, 15) is 0 Å². The Morgan fingerprint density at radius 3 is 1.24 bits per heavy atom. The van der Waals surface area contributed by atoms with Gasteiger partial charge in [0.1, 0.15) is 33.6 Å². The number of nitrogens with zero attached hydrogens (tertiary/aromatic N) is 2. The summed E-state index contributed by atoms with van der Waals surface area (Å²) in [5.41, 5.74) is 1.46. The van der Waals surface area contributed by atoms with Crippen molar-refractivity contribution in [2.75, 3.05) is 13.2 Å². The monoisotopic (exact) mass is 754 g/mol. The summed E-state index contributed by atoms with van der Waals surface area (Å²) in [5.74, 6) is 4.20. The van der Waals surface area contributed by atoms with E-state index in [1.807, 2.05) is 36.4 Å². The molecule has 2 aliphatic rings. The lowest BCUT2D eigenvalue weighted by atomic mass is 10.1. The summed E-state index contributed by atoms with van der Waals surface area (Å²) < 4.78 is 26.6. The summed E-state index contributed by atoms with van der Waals surface area (Å²) in [7, 11) is 0. The Balaban J connectivity index is 1.19. The van der Waals surface area contributed by atoms with Crippen molar-refractivity contribution >= 4 is 43.2 Å².